The molecule has 2 aromatic rings. The topological polar surface area (TPSA) is 98.5 Å². The highest BCUT2D eigenvalue weighted by molar-refractivity contribution is 7.10. The van der Waals surface area contributed by atoms with E-state index in [0.29, 0.717) is 40.8 Å². The molecule has 7 nitrogen and oxygen atoms in total. The number of benzene rings is 1. The van der Waals surface area contributed by atoms with E-state index < -0.39 is 16.8 Å². The fourth-order valence-electron chi connectivity index (χ4n) is 4.65. The van der Waals surface area contributed by atoms with Gasteiger partial charge in [-0.2, -0.15) is 0 Å². The molecule has 1 N–H and O–H groups in total. The number of hydrogen-bond acceptors (Lipinski definition) is 7. The Morgan fingerprint density at radius 3 is 2.64 bits per heavy atom. The van der Waals surface area contributed by atoms with Crippen molar-refractivity contribution in [3.05, 3.63) is 84.4 Å². The highest BCUT2D eigenvalue weighted by atomic mass is 32.1. The van der Waals surface area contributed by atoms with Gasteiger partial charge in [0.15, 0.2) is 5.78 Å². The van der Waals surface area contributed by atoms with Crippen LogP contribution in [0.2, 0.25) is 0 Å². The maximum atomic E-state index is 13.5. The predicted octanol–water partition coefficient (Wildman–Crippen LogP) is 5.28. The lowest BCUT2D eigenvalue weighted by molar-refractivity contribution is -0.385. The molecule has 0 saturated carbocycles. The number of aryl methyl sites for hydroxylation is 1. The third-order valence-electron chi connectivity index (χ3n) is 6.10. The number of carbonyl (C=O) groups is 2. The largest absolute Gasteiger partial charge is 0.460 e. The van der Waals surface area contributed by atoms with E-state index >= 15 is 0 Å². The maximum Gasteiger partial charge on any atom is 0.337 e. The third-order valence-corrected chi connectivity index (χ3v) is 7.13. The minimum Gasteiger partial charge on any atom is -0.460 e. The van der Waals surface area contributed by atoms with Crippen LogP contribution in [-0.4, -0.2) is 22.8 Å². The van der Waals surface area contributed by atoms with Crippen molar-refractivity contribution in [2.45, 2.75) is 58.5 Å². The summed E-state index contributed by atoms with van der Waals surface area (Å²) < 4.78 is 5.51. The van der Waals surface area contributed by atoms with Crippen molar-refractivity contribution in [2.75, 3.05) is 0 Å². The SMILES string of the molecule is CC1=C(C(=O)OC(C)C)[C@H](c2ccc(C)c([N+](=O)[O-])c2)C2=C(C[C@@H](c3cccs3)CC2=O)N1. The quantitative estimate of drug-likeness (QED) is 0.366. The Morgan fingerprint density at radius 1 is 1.24 bits per heavy atom. The van der Waals surface area contributed by atoms with E-state index in [-0.39, 0.29) is 23.5 Å². The minimum absolute atomic E-state index is 0.0397. The van der Waals surface area contributed by atoms with Crippen LogP contribution in [0.25, 0.3) is 0 Å². The first kappa shape index (κ1) is 22.9. The summed E-state index contributed by atoms with van der Waals surface area (Å²) in [6.07, 6.45) is 0.624. The number of carbonyl (C=O) groups excluding carboxylic acids is 2. The van der Waals surface area contributed by atoms with E-state index in [9.17, 15) is 19.7 Å². The number of nitro benzene ring substituents is 1. The number of Topliss-reactive ketones (excluding diaryl/α,β-unsaturated/α-hetero) is 1. The van der Waals surface area contributed by atoms with E-state index in [0.717, 1.165) is 10.6 Å². The Kier molecular flexibility index (Phi) is 6.21. The number of allylic oxidation sites excluding steroid dienone is 3. The molecular weight excluding hydrogens is 440 g/mol. The molecule has 0 saturated heterocycles. The maximum absolute atomic E-state index is 13.5. The fraction of sp³-hybridized carbons (Fsp3) is 0.360. The number of ketones is 1. The molecule has 4 rings (SSSR count). The van der Waals surface area contributed by atoms with E-state index in [1.165, 1.54) is 6.07 Å². The fourth-order valence-corrected chi connectivity index (χ4v) is 5.48. The Morgan fingerprint density at radius 2 is 2.00 bits per heavy atom. The van der Waals surface area contributed by atoms with Crippen LogP contribution in [0.15, 0.2) is 58.3 Å². The molecule has 0 fully saturated rings. The van der Waals surface area contributed by atoms with Gasteiger partial charge in [-0.15, -0.1) is 11.3 Å². The molecule has 0 bridgehead atoms. The van der Waals surface area contributed by atoms with Crippen molar-refractivity contribution >= 4 is 28.8 Å². The third kappa shape index (κ3) is 4.35. The smallest absolute Gasteiger partial charge is 0.337 e. The van der Waals surface area contributed by atoms with Gasteiger partial charge in [0.05, 0.1) is 16.6 Å². The molecule has 1 aromatic carbocycles. The minimum atomic E-state index is -0.719. The first-order chi connectivity index (χ1) is 15.7. The summed E-state index contributed by atoms with van der Waals surface area (Å²) in [5.41, 5.74) is 3.22. The van der Waals surface area contributed by atoms with Gasteiger partial charge < -0.3 is 10.1 Å². The summed E-state index contributed by atoms with van der Waals surface area (Å²) in [5.74, 6) is -1.24. The average molecular weight is 467 g/mol. The summed E-state index contributed by atoms with van der Waals surface area (Å²) in [5, 5.41) is 16.9. The standard InChI is InChI=1S/C25H26N2O5S/c1-13(2)32-25(29)22-15(4)26-18-10-17(21-6-5-9-33-21)12-20(28)24(18)23(22)16-8-7-14(3)19(11-16)27(30)31/h5-9,11,13,17,23,26H,10,12H2,1-4H3/t17-,23+/m1/s1. The molecule has 0 spiro atoms. The molecule has 2 heterocycles. The van der Waals surface area contributed by atoms with Crippen molar-refractivity contribution in [3.8, 4) is 0 Å². The van der Waals surface area contributed by atoms with Gasteiger partial charge in [0.1, 0.15) is 0 Å². The lowest BCUT2D eigenvalue weighted by Crippen LogP contribution is -2.36. The predicted molar refractivity (Wildman–Crippen MR) is 126 cm³/mol. The van der Waals surface area contributed by atoms with E-state index in [1.807, 2.05) is 17.5 Å². The number of nitro groups is 1. The lowest BCUT2D eigenvalue weighted by atomic mass is 9.72. The van der Waals surface area contributed by atoms with E-state index in [4.69, 9.17) is 4.74 Å². The molecule has 0 amide bonds. The van der Waals surface area contributed by atoms with Crippen LogP contribution in [0.5, 0.6) is 0 Å². The zero-order valence-electron chi connectivity index (χ0n) is 19.0. The molecule has 0 unspecified atom stereocenters. The zero-order valence-corrected chi connectivity index (χ0v) is 19.8. The molecule has 0 radical (unpaired) electrons. The second-order valence-electron chi connectivity index (χ2n) is 8.79. The molecular formula is C25H26N2O5S. The van der Waals surface area contributed by atoms with Gasteiger partial charge in [-0.05, 0) is 51.1 Å². The van der Waals surface area contributed by atoms with Gasteiger partial charge in [-0.1, -0.05) is 18.2 Å². The highest BCUT2D eigenvalue weighted by Crippen LogP contribution is 2.47. The average Bonchev–Trinajstić information content (AvgIpc) is 3.27. The van der Waals surface area contributed by atoms with Crippen LogP contribution in [0.1, 0.15) is 61.5 Å². The van der Waals surface area contributed by atoms with Crippen LogP contribution in [0.3, 0.4) is 0 Å². The molecule has 1 aliphatic carbocycles. The van der Waals surface area contributed by atoms with Crippen LogP contribution < -0.4 is 5.32 Å². The molecule has 2 aliphatic rings. The number of ether oxygens (including phenoxy) is 1. The van der Waals surface area contributed by atoms with Crippen molar-refractivity contribution in [2.24, 2.45) is 0 Å². The summed E-state index contributed by atoms with van der Waals surface area (Å²) in [4.78, 5) is 39.0. The van der Waals surface area contributed by atoms with E-state index in [1.54, 1.807) is 51.2 Å². The number of hydrogen-bond donors (Lipinski definition) is 1. The second kappa shape index (κ2) is 8.94. The monoisotopic (exact) mass is 466 g/mol. The van der Waals surface area contributed by atoms with Crippen LogP contribution in [0.4, 0.5) is 5.69 Å². The summed E-state index contributed by atoms with van der Waals surface area (Å²) >= 11 is 1.62. The molecule has 33 heavy (non-hydrogen) atoms. The Balaban J connectivity index is 1.86. The van der Waals surface area contributed by atoms with Crippen LogP contribution >= 0.6 is 11.3 Å². The van der Waals surface area contributed by atoms with Gasteiger partial charge in [-0.3, -0.25) is 14.9 Å². The summed E-state index contributed by atoms with van der Waals surface area (Å²) in [6, 6.07) is 8.91. The number of thiophene rings is 1. The Labute approximate surface area is 196 Å². The normalized spacial score (nSPS) is 20.6. The van der Waals surface area contributed by atoms with Gasteiger partial charge in [0.2, 0.25) is 0 Å². The van der Waals surface area contributed by atoms with Gasteiger partial charge in [0, 0.05) is 51.7 Å². The highest BCUT2D eigenvalue weighted by Gasteiger charge is 2.42. The molecule has 8 heteroatoms. The number of rotatable bonds is 5. The van der Waals surface area contributed by atoms with Gasteiger partial charge in [0.25, 0.3) is 5.69 Å². The molecule has 2 atom stereocenters. The molecule has 1 aromatic heterocycles. The molecule has 172 valence electrons. The lowest BCUT2D eigenvalue weighted by Gasteiger charge is -2.36. The van der Waals surface area contributed by atoms with Gasteiger partial charge >= 0.3 is 5.97 Å². The number of esters is 1. The summed E-state index contributed by atoms with van der Waals surface area (Å²) in [6.45, 7) is 6.98. The van der Waals surface area contributed by atoms with Crippen molar-refractivity contribution in [1.29, 1.82) is 0 Å². The van der Waals surface area contributed by atoms with E-state index in [2.05, 4.69) is 5.32 Å². The van der Waals surface area contributed by atoms with Gasteiger partial charge in [-0.25, -0.2) is 4.79 Å². The first-order valence-electron chi connectivity index (χ1n) is 10.9. The van der Waals surface area contributed by atoms with Crippen molar-refractivity contribution in [3.63, 3.8) is 0 Å². The van der Waals surface area contributed by atoms with Crippen LogP contribution in [0, 0.1) is 17.0 Å². The second-order valence-corrected chi connectivity index (χ2v) is 9.77. The number of dihydropyridines is 1. The zero-order chi connectivity index (χ0) is 23.9. The Bertz CT molecular complexity index is 1190. The number of nitrogens with one attached hydrogen (secondary N) is 1. The first-order valence-corrected chi connectivity index (χ1v) is 11.8. The summed E-state index contributed by atoms with van der Waals surface area (Å²) in [7, 11) is 0. The van der Waals surface area contributed by atoms with Crippen LogP contribution in [-0.2, 0) is 14.3 Å². The van der Waals surface area contributed by atoms with Crippen molar-refractivity contribution < 1.29 is 19.2 Å². The number of nitrogens with zero attached hydrogens (tertiary/aromatic N) is 1. The van der Waals surface area contributed by atoms with Crippen molar-refractivity contribution in [1.82, 2.24) is 5.32 Å². The Hall–Kier alpha value is -3.26. The molecule has 1 aliphatic heterocycles.